The SMILES string of the molecule is O=C(NC1CCc2[nH]c3ccc(F)cc3c2C1)c1ccc(Br)cc1. The zero-order valence-electron chi connectivity index (χ0n) is 12.9. The molecular formula is C19H16BrFN2O. The molecule has 0 fully saturated rings. The second-order valence-corrected chi connectivity index (χ2v) is 7.11. The first kappa shape index (κ1) is 15.4. The van der Waals surface area contributed by atoms with E-state index in [1.807, 2.05) is 12.1 Å². The van der Waals surface area contributed by atoms with Crippen molar-refractivity contribution in [2.45, 2.75) is 25.3 Å². The molecule has 0 radical (unpaired) electrons. The molecule has 0 saturated heterocycles. The Labute approximate surface area is 147 Å². The van der Waals surface area contributed by atoms with E-state index in [4.69, 9.17) is 0 Å². The Hall–Kier alpha value is -2.14. The van der Waals surface area contributed by atoms with Gasteiger partial charge in [0.15, 0.2) is 0 Å². The van der Waals surface area contributed by atoms with E-state index in [0.717, 1.165) is 45.9 Å². The van der Waals surface area contributed by atoms with E-state index in [-0.39, 0.29) is 17.8 Å². The number of H-pyrrole nitrogens is 1. The molecule has 24 heavy (non-hydrogen) atoms. The Morgan fingerprint density at radius 1 is 1.21 bits per heavy atom. The molecule has 1 unspecified atom stereocenters. The van der Waals surface area contributed by atoms with Crippen molar-refractivity contribution < 1.29 is 9.18 Å². The van der Waals surface area contributed by atoms with E-state index in [1.165, 1.54) is 6.07 Å². The Morgan fingerprint density at radius 2 is 2.00 bits per heavy atom. The van der Waals surface area contributed by atoms with Gasteiger partial charge in [-0.3, -0.25) is 4.79 Å². The fourth-order valence-electron chi connectivity index (χ4n) is 3.38. The zero-order valence-corrected chi connectivity index (χ0v) is 14.5. The fourth-order valence-corrected chi connectivity index (χ4v) is 3.65. The summed E-state index contributed by atoms with van der Waals surface area (Å²) in [7, 11) is 0. The maximum Gasteiger partial charge on any atom is 0.251 e. The Bertz CT molecular complexity index is 917. The topological polar surface area (TPSA) is 44.9 Å². The maximum absolute atomic E-state index is 13.6. The van der Waals surface area contributed by atoms with Crippen LogP contribution in [-0.2, 0) is 12.8 Å². The molecule has 0 aliphatic heterocycles. The van der Waals surface area contributed by atoms with Crippen molar-refractivity contribution in [2.24, 2.45) is 0 Å². The molecule has 3 nitrogen and oxygen atoms in total. The third-order valence-electron chi connectivity index (χ3n) is 4.59. The minimum atomic E-state index is -0.231. The summed E-state index contributed by atoms with van der Waals surface area (Å²) >= 11 is 3.37. The van der Waals surface area contributed by atoms with E-state index < -0.39 is 0 Å². The van der Waals surface area contributed by atoms with Crippen LogP contribution in [0.25, 0.3) is 10.9 Å². The molecule has 4 rings (SSSR count). The number of nitrogens with one attached hydrogen (secondary N) is 2. The molecule has 1 aromatic heterocycles. The van der Waals surface area contributed by atoms with Crippen LogP contribution in [-0.4, -0.2) is 16.9 Å². The number of hydrogen-bond donors (Lipinski definition) is 2. The number of halogens is 2. The number of rotatable bonds is 2. The molecule has 5 heteroatoms. The predicted molar refractivity (Wildman–Crippen MR) is 95.7 cm³/mol. The lowest BCUT2D eigenvalue weighted by Gasteiger charge is -2.23. The number of aromatic amines is 1. The number of carbonyl (C=O) groups is 1. The molecule has 1 aliphatic carbocycles. The molecule has 1 amide bonds. The standard InChI is InChI=1S/C19H16BrFN2O/c20-12-3-1-11(2-4-12)19(24)22-14-6-8-18-16(10-14)15-9-13(21)5-7-17(15)23-18/h1-5,7,9,14,23H,6,8,10H2,(H,22,24). The van der Waals surface area contributed by atoms with Crippen molar-refractivity contribution in [1.29, 1.82) is 0 Å². The van der Waals surface area contributed by atoms with Crippen molar-refractivity contribution in [3.63, 3.8) is 0 Å². The van der Waals surface area contributed by atoms with Gasteiger partial charge in [-0.15, -0.1) is 0 Å². The average Bonchev–Trinajstić information content (AvgIpc) is 2.93. The molecule has 2 N–H and O–H groups in total. The maximum atomic E-state index is 13.6. The van der Waals surface area contributed by atoms with Gasteiger partial charge in [0.05, 0.1) is 0 Å². The first-order valence-corrected chi connectivity index (χ1v) is 8.75. The highest BCUT2D eigenvalue weighted by Crippen LogP contribution is 2.29. The fraction of sp³-hybridized carbons (Fsp3) is 0.211. The van der Waals surface area contributed by atoms with Crippen molar-refractivity contribution in [3.05, 3.63) is 69.6 Å². The zero-order chi connectivity index (χ0) is 16.7. The summed E-state index contributed by atoms with van der Waals surface area (Å²) in [6, 6.07) is 12.2. The molecule has 1 atom stereocenters. The van der Waals surface area contributed by atoms with Gasteiger partial charge in [0.25, 0.3) is 5.91 Å². The highest BCUT2D eigenvalue weighted by molar-refractivity contribution is 9.10. The van der Waals surface area contributed by atoms with Gasteiger partial charge in [0.2, 0.25) is 0 Å². The van der Waals surface area contributed by atoms with E-state index in [2.05, 4.69) is 26.2 Å². The first-order chi connectivity index (χ1) is 11.6. The Kier molecular flexibility index (Phi) is 3.88. The van der Waals surface area contributed by atoms with Crippen LogP contribution in [0, 0.1) is 5.82 Å². The molecular weight excluding hydrogens is 371 g/mol. The number of fused-ring (bicyclic) bond motifs is 3. The van der Waals surface area contributed by atoms with Crippen LogP contribution in [0.2, 0.25) is 0 Å². The highest BCUT2D eigenvalue weighted by atomic mass is 79.9. The van der Waals surface area contributed by atoms with Crippen LogP contribution in [0.5, 0.6) is 0 Å². The van der Waals surface area contributed by atoms with Crippen LogP contribution < -0.4 is 5.32 Å². The third kappa shape index (κ3) is 2.84. The van der Waals surface area contributed by atoms with E-state index in [0.29, 0.717) is 5.56 Å². The lowest BCUT2D eigenvalue weighted by Crippen LogP contribution is -2.38. The van der Waals surface area contributed by atoms with Crippen molar-refractivity contribution in [1.82, 2.24) is 10.3 Å². The second-order valence-electron chi connectivity index (χ2n) is 6.19. The summed E-state index contributed by atoms with van der Waals surface area (Å²) in [5.41, 5.74) is 3.89. The first-order valence-electron chi connectivity index (χ1n) is 7.95. The summed E-state index contributed by atoms with van der Waals surface area (Å²) in [5.74, 6) is -0.299. The van der Waals surface area contributed by atoms with Gasteiger partial charge in [0.1, 0.15) is 5.82 Å². The van der Waals surface area contributed by atoms with Gasteiger partial charge >= 0.3 is 0 Å². The van der Waals surface area contributed by atoms with Gasteiger partial charge in [-0.2, -0.15) is 0 Å². The van der Waals surface area contributed by atoms with Gasteiger partial charge in [-0.1, -0.05) is 15.9 Å². The minimum Gasteiger partial charge on any atom is -0.358 e. The molecule has 2 aromatic carbocycles. The monoisotopic (exact) mass is 386 g/mol. The highest BCUT2D eigenvalue weighted by Gasteiger charge is 2.24. The molecule has 122 valence electrons. The van der Waals surface area contributed by atoms with Gasteiger partial charge < -0.3 is 10.3 Å². The molecule has 0 bridgehead atoms. The number of benzene rings is 2. The summed E-state index contributed by atoms with van der Waals surface area (Å²) in [4.78, 5) is 15.8. The van der Waals surface area contributed by atoms with Crippen molar-refractivity contribution in [2.75, 3.05) is 0 Å². The Morgan fingerprint density at radius 3 is 2.79 bits per heavy atom. The van der Waals surface area contributed by atoms with Crippen molar-refractivity contribution >= 4 is 32.7 Å². The molecule has 1 heterocycles. The molecule has 1 aliphatic rings. The van der Waals surface area contributed by atoms with Gasteiger partial charge in [-0.05, 0) is 67.3 Å². The summed E-state index contributed by atoms with van der Waals surface area (Å²) in [6.45, 7) is 0. The summed E-state index contributed by atoms with van der Waals surface area (Å²) in [6.07, 6.45) is 2.46. The number of amides is 1. The normalized spacial score (nSPS) is 16.8. The third-order valence-corrected chi connectivity index (χ3v) is 5.12. The number of aryl methyl sites for hydroxylation is 1. The van der Waals surface area contributed by atoms with E-state index >= 15 is 0 Å². The predicted octanol–water partition coefficient (Wildman–Crippen LogP) is 4.36. The van der Waals surface area contributed by atoms with Crippen LogP contribution >= 0.6 is 15.9 Å². The van der Waals surface area contributed by atoms with E-state index in [9.17, 15) is 9.18 Å². The number of hydrogen-bond acceptors (Lipinski definition) is 1. The number of aromatic nitrogens is 1. The average molecular weight is 387 g/mol. The van der Waals surface area contributed by atoms with E-state index in [1.54, 1.807) is 24.3 Å². The summed E-state index contributed by atoms with van der Waals surface area (Å²) in [5, 5.41) is 4.03. The van der Waals surface area contributed by atoms with Crippen LogP contribution in [0.1, 0.15) is 28.0 Å². The quantitative estimate of drug-likeness (QED) is 0.675. The van der Waals surface area contributed by atoms with Crippen LogP contribution in [0.4, 0.5) is 4.39 Å². The smallest absolute Gasteiger partial charge is 0.251 e. The summed E-state index contributed by atoms with van der Waals surface area (Å²) < 4.78 is 14.5. The Balaban J connectivity index is 1.55. The second kappa shape index (κ2) is 6.06. The molecule has 0 saturated carbocycles. The largest absolute Gasteiger partial charge is 0.358 e. The lowest BCUT2D eigenvalue weighted by molar-refractivity contribution is 0.0933. The molecule has 3 aromatic rings. The van der Waals surface area contributed by atoms with Gasteiger partial charge in [-0.25, -0.2) is 4.39 Å². The van der Waals surface area contributed by atoms with Crippen molar-refractivity contribution in [3.8, 4) is 0 Å². The minimum absolute atomic E-state index is 0.0657. The van der Waals surface area contributed by atoms with Crippen LogP contribution in [0.15, 0.2) is 46.9 Å². The lowest BCUT2D eigenvalue weighted by atomic mass is 9.91. The molecule has 0 spiro atoms. The van der Waals surface area contributed by atoms with Crippen LogP contribution in [0.3, 0.4) is 0 Å². The van der Waals surface area contributed by atoms with Gasteiger partial charge in [0, 0.05) is 32.7 Å². The number of carbonyl (C=O) groups excluding carboxylic acids is 1.